The van der Waals surface area contributed by atoms with Crippen molar-refractivity contribution < 1.29 is 9.32 Å². The summed E-state index contributed by atoms with van der Waals surface area (Å²) in [6.45, 7) is 2.32. The molecule has 0 saturated heterocycles. The third-order valence-electron chi connectivity index (χ3n) is 3.92. The number of hydrogen-bond donors (Lipinski definition) is 0. The van der Waals surface area contributed by atoms with Crippen LogP contribution < -0.4 is 4.90 Å². The van der Waals surface area contributed by atoms with Crippen LogP contribution in [0.2, 0.25) is 0 Å². The second-order valence-electron chi connectivity index (χ2n) is 5.39. The third-order valence-corrected chi connectivity index (χ3v) is 3.92. The van der Waals surface area contributed by atoms with E-state index < -0.39 is 0 Å². The van der Waals surface area contributed by atoms with E-state index in [2.05, 4.69) is 17.3 Å². The summed E-state index contributed by atoms with van der Waals surface area (Å²) < 4.78 is 5.04. The molecule has 2 aromatic carbocycles. The Kier molecular flexibility index (Phi) is 2.82. The molecular formula is C18H14N2O2. The smallest absolute Gasteiger partial charge is 0.280 e. The maximum Gasteiger partial charge on any atom is 0.280 e. The molecule has 0 aliphatic carbocycles. The van der Waals surface area contributed by atoms with Crippen molar-refractivity contribution in [2.75, 3.05) is 4.90 Å². The quantitative estimate of drug-likeness (QED) is 0.684. The van der Waals surface area contributed by atoms with Crippen molar-refractivity contribution >= 4 is 11.6 Å². The van der Waals surface area contributed by atoms with E-state index in [9.17, 15) is 4.79 Å². The van der Waals surface area contributed by atoms with E-state index in [1.165, 1.54) is 5.56 Å². The summed E-state index contributed by atoms with van der Waals surface area (Å²) in [7, 11) is 0. The van der Waals surface area contributed by atoms with Crippen molar-refractivity contribution in [1.29, 1.82) is 0 Å². The first-order chi connectivity index (χ1) is 10.7. The number of carbonyl (C=O) groups is 1. The molecule has 0 saturated carbocycles. The Labute approximate surface area is 128 Å². The number of amides is 1. The standard InChI is InChI=1S/C18H14N2O2/c1-12-10-16(19-22-12)18(21)20-11-13-6-2-3-7-14(13)15-8-4-5-9-17(15)20/h2-10H,11H2,1H3. The minimum Gasteiger partial charge on any atom is -0.361 e. The second kappa shape index (κ2) is 4.84. The Morgan fingerprint density at radius 2 is 1.82 bits per heavy atom. The molecule has 4 nitrogen and oxygen atoms in total. The van der Waals surface area contributed by atoms with Crippen LogP contribution in [0, 0.1) is 6.92 Å². The zero-order valence-electron chi connectivity index (χ0n) is 12.1. The van der Waals surface area contributed by atoms with Gasteiger partial charge in [-0.05, 0) is 24.1 Å². The lowest BCUT2D eigenvalue weighted by molar-refractivity contribution is 0.0976. The predicted molar refractivity (Wildman–Crippen MR) is 83.6 cm³/mol. The van der Waals surface area contributed by atoms with Gasteiger partial charge in [0.2, 0.25) is 0 Å². The summed E-state index contributed by atoms with van der Waals surface area (Å²) >= 11 is 0. The zero-order valence-corrected chi connectivity index (χ0v) is 12.1. The Bertz CT molecular complexity index is 867. The first-order valence-electron chi connectivity index (χ1n) is 7.16. The van der Waals surface area contributed by atoms with Crippen LogP contribution >= 0.6 is 0 Å². The topological polar surface area (TPSA) is 46.3 Å². The number of hydrogen-bond acceptors (Lipinski definition) is 3. The number of anilines is 1. The van der Waals surface area contributed by atoms with Gasteiger partial charge in [0.25, 0.3) is 5.91 Å². The highest BCUT2D eigenvalue weighted by Crippen LogP contribution is 2.39. The van der Waals surface area contributed by atoms with E-state index in [0.29, 0.717) is 18.0 Å². The number of aryl methyl sites for hydroxylation is 1. The van der Waals surface area contributed by atoms with Crippen LogP contribution in [0.5, 0.6) is 0 Å². The van der Waals surface area contributed by atoms with Crippen LogP contribution in [0.1, 0.15) is 21.8 Å². The van der Waals surface area contributed by atoms with Crippen LogP contribution in [0.4, 0.5) is 5.69 Å². The van der Waals surface area contributed by atoms with Crippen LogP contribution in [-0.2, 0) is 6.54 Å². The van der Waals surface area contributed by atoms with Gasteiger partial charge in [-0.3, -0.25) is 4.79 Å². The molecular weight excluding hydrogens is 276 g/mol. The van der Waals surface area contributed by atoms with Gasteiger partial charge in [-0.25, -0.2) is 0 Å². The molecule has 0 N–H and O–H groups in total. The summed E-state index contributed by atoms with van der Waals surface area (Å²) in [4.78, 5) is 14.5. The highest BCUT2D eigenvalue weighted by molar-refractivity contribution is 6.08. The van der Waals surface area contributed by atoms with Gasteiger partial charge in [-0.2, -0.15) is 0 Å². The first-order valence-corrected chi connectivity index (χ1v) is 7.16. The number of nitrogens with zero attached hydrogens (tertiary/aromatic N) is 2. The van der Waals surface area contributed by atoms with E-state index in [1.807, 2.05) is 36.4 Å². The van der Waals surface area contributed by atoms with Crippen molar-refractivity contribution in [1.82, 2.24) is 5.16 Å². The number of rotatable bonds is 1. The summed E-state index contributed by atoms with van der Waals surface area (Å²) in [6, 6.07) is 17.8. The van der Waals surface area contributed by atoms with Crippen molar-refractivity contribution in [3.05, 3.63) is 71.6 Å². The van der Waals surface area contributed by atoms with Crippen molar-refractivity contribution in [3.63, 3.8) is 0 Å². The van der Waals surface area contributed by atoms with Gasteiger partial charge in [-0.1, -0.05) is 47.6 Å². The molecule has 1 aliphatic rings. The second-order valence-corrected chi connectivity index (χ2v) is 5.39. The van der Waals surface area contributed by atoms with Crippen LogP contribution in [0.25, 0.3) is 11.1 Å². The van der Waals surface area contributed by atoms with Gasteiger partial charge >= 0.3 is 0 Å². The fraction of sp³-hybridized carbons (Fsp3) is 0.111. The SMILES string of the molecule is Cc1cc(C(=O)N2Cc3ccccc3-c3ccccc32)no1. The fourth-order valence-electron chi connectivity index (χ4n) is 2.90. The molecule has 4 rings (SSSR count). The molecule has 0 spiro atoms. The van der Waals surface area contributed by atoms with Crippen LogP contribution in [0.15, 0.2) is 59.1 Å². The first kappa shape index (κ1) is 12.8. The molecule has 2 heterocycles. The summed E-state index contributed by atoms with van der Waals surface area (Å²) in [5.41, 5.74) is 4.63. The summed E-state index contributed by atoms with van der Waals surface area (Å²) in [5, 5.41) is 3.85. The van der Waals surface area contributed by atoms with Crippen molar-refractivity contribution in [2.24, 2.45) is 0 Å². The minimum absolute atomic E-state index is 0.140. The van der Waals surface area contributed by atoms with Gasteiger partial charge < -0.3 is 9.42 Å². The lowest BCUT2D eigenvalue weighted by Gasteiger charge is -2.30. The molecule has 3 aromatic rings. The molecule has 1 aromatic heterocycles. The number of para-hydroxylation sites is 1. The molecule has 0 bridgehead atoms. The Balaban J connectivity index is 1.84. The minimum atomic E-state index is -0.140. The molecule has 108 valence electrons. The number of fused-ring (bicyclic) bond motifs is 3. The molecule has 4 heteroatoms. The molecule has 22 heavy (non-hydrogen) atoms. The third kappa shape index (κ3) is 1.92. The van der Waals surface area contributed by atoms with Crippen molar-refractivity contribution in [3.8, 4) is 11.1 Å². The molecule has 0 radical (unpaired) electrons. The van der Waals surface area contributed by atoms with Gasteiger partial charge in [0.05, 0.1) is 12.2 Å². The van der Waals surface area contributed by atoms with Crippen molar-refractivity contribution in [2.45, 2.75) is 13.5 Å². The Morgan fingerprint density at radius 1 is 1.09 bits per heavy atom. The lowest BCUT2D eigenvalue weighted by atomic mass is 9.93. The molecule has 1 aliphatic heterocycles. The summed E-state index contributed by atoms with van der Waals surface area (Å²) in [6.07, 6.45) is 0. The Morgan fingerprint density at radius 3 is 2.59 bits per heavy atom. The molecule has 0 unspecified atom stereocenters. The average Bonchev–Trinajstić information content (AvgIpc) is 3.00. The number of benzene rings is 2. The van der Waals surface area contributed by atoms with Gasteiger partial charge in [-0.15, -0.1) is 0 Å². The maximum atomic E-state index is 12.8. The van der Waals surface area contributed by atoms with Gasteiger partial charge in [0.1, 0.15) is 5.76 Å². The van der Waals surface area contributed by atoms with E-state index >= 15 is 0 Å². The highest BCUT2D eigenvalue weighted by Gasteiger charge is 2.28. The molecule has 0 fully saturated rings. The monoisotopic (exact) mass is 290 g/mol. The van der Waals surface area contributed by atoms with E-state index in [4.69, 9.17) is 4.52 Å². The van der Waals surface area contributed by atoms with Crippen LogP contribution in [0.3, 0.4) is 0 Å². The summed E-state index contributed by atoms with van der Waals surface area (Å²) in [5.74, 6) is 0.493. The highest BCUT2D eigenvalue weighted by atomic mass is 16.5. The van der Waals surface area contributed by atoms with E-state index in [-0.39, 0.29) is 5.91 Å². The zero-order chi connectivity index (χ0) is 15.1. The van der Waals surface area contributed by atoms with Gasteiger partial charge in [0, 0.05) is 11.6 Å². The largest absolute Gasteiger partial charge is 0.361 e. The van der Waals surface area contributed by atoms with E-state index in [1.54, 1.807) is 17.9 Å². The van der Waals surface area contributed by atoms with Crippen LogP contribution in [-0.4, -0.2) is 11.1 Å². The molecule has 1 amide bonds. The average molecular weight is 290 g/mol. The normalized spacial score (nSPS) is 12.7. The number of carbonyl (C=O) groups excluding carboxylic acids is 1. The van der Waals surface area contributed by atoms with Gasteiger partial charge in [0.15, 0.2) is 5.69 Å². The number of aromatic nitrogens is 1. The fourth-order valence-corrected chi connectivity index (χ4v) is 2.90. The molecule has 0 atom stereocenters. The predicted octanol–water partition coefficient (Wildman–Crippen LogP) is 3.81. The Hall–Kier alpha value is -2.88. The van der Waals surface area contributed by atoms with E-state index in [0.717, 1.165) is 16.8 Å². The maximum absolute atomic E-state index is 12.8. The lowest BCUT2D eigenvalue weighted by Crippen LogP contribution is -2.33.